The summed E-state index contributed by atoms with van der Waals surface area (Å²) in [6.45, 7) is 2.52. The summed E-state index contributed by atoms with van der Waals surface area (Å²) in [4.78, 5) is 17.8. The molecular formula is C16H18ClN3O. The molecule has 0 spiro atoms. The summed E-state index contributed by atoms with van der Waals surface area (Å²) in [5.41, 5.74) is 2.77. The first-order valence-corrected chi connectivity index (χ1v) is 7.12. The van der Waals surface area contributed by atoms with Gasteiger partial charge in [-0.2, -0.15) is 0 Å². The molecule has 110 valence electrons. The largest absolute Gasteiger partial charge is 0.327 e. The first-order chi connectivity index (χ1) is 10.1. The van der Waals surface area contributed by atoms with Gasteiger partial charge in [-0.1, -0.05) is 17.7 Å². The van der Waals surface area contributed by atoms with Gasteiger partial charge in [0.2, 0.25) is 0 Å². The number of carbonyl (C=O) groups is 1. The van der Waals surface area contributed by atoms with Gasteiger partial charge in [-0.25, -0.2) is 4.79 Å². The third-order valence-corrected chi connectivity index (χ3v) is 3.75. The predicted octanol–water partition coefficient (Wildman–Crippen LogP) is 3.75. The molecule has 0 aliphatic carbocycles. The summed E-state index contributed by atoms with van der Waals surface area (Å²) in [6, 6.07) is 9.23. The van der Waals surface area contributed by atoms with Crippen molar-refractivity contribution in [2.45, 2.75) is 13.3 Å². The molecular weight excluding hydrogens is 286 g/mol. The Labute approximate surface area is 129 Å². The van der Waals surface area contributed by atoms with Crippen molar-refractivity contribution in [1.29, 1.82) is 0 Å². The Bertz CT molecular complexity index is 616. The molecule has 0 fully saturated rings. The number of aromatic nitrogens is 1. The molecule has 0 aliphatic rings. The third-order valence-electron chi connectivity index (χ3n) is 3.34. The zero-order valence-electron chi connectivity index (χ0n) is 12.1. The summed E-state index contributed by atoms with van der Waals surface area (Å²) in [5.74, 6) is 0. The van der Waals surface area contributed by atoms with E-state index in [1.165, 1.54) is 0 Å². The molecule has 1 aromatic carbocycles. The summed E-state index contributed by atoms with van der Waals surface area (Å²) >= 11 is 6.05. The fourth-order valence-electron chi connectivity index (χ4n) is 1.90. The van der Waals surface area contributed by atoms with Crippen LogP contribution in [0.1, 0.15) is 11.1 Å². The molecule has 1 aromatic heterocycles. The second-order valence-corrected chi connectivity index (χ2v) is 5.28. The number of hydrogen-bond acceptors (Lipinski definition) is 2. The predicted molar refractivity (Wildman–Crippen MR) is 85.8 cm³/mol. The lowest BCUT2D eigenvalue weighted by atomic mass is 10.2. The Morgan fingerprint density at radius 1 is 1.29 bits per heavy atom. The number of nitrogens with zero attached hydrogens (tertiary/aromatic N) is 2. The summed E-state index contributed by atoms with van der Waals surface area (Å²) < 4.78 is 0. The standard InChI is InChI=1S/C16H18ClN3O/c1-12-14(17)4-3-5-15(12)19-16(21)20(2)11-8-13-6-9-18-10-7-13/h3-7,9-10H,8,11H2,1-2H3,(H,19,21). The van der Waals surface area contributed by atoms with Crippen LogP contribution in [-0.4, -0.2) is 29.5 Å². The van der Waals surface area contributed by atoms with E-state index in [0.29, 0.717) is 11.6 Å². The third kappa shape index (κ3) is 4.20. The van der Waals surface area contributed by atoms with E-state index in [9.17, 15) is 4.79 Å². The minimum Gasteiger partial charge on any atom is -0.327 e. The average molecular weight is 304 g/mol. The first-order valence-electron chi connectivity index (χ1n) is 6.74. The van der Waals surface area contributed by atoms with E-state index in [1.807, 2.05) is 31.2 Å². The number of rotatable bonds is 4. The Morgan fingerprint density at radius 2 is 2.00 bits per heavy atom. The van der Waals surface area contributed by atoms with Crippen molar-refractivity contribution in [3.63, 3.8) is 0 Å². The van der Waals surface area contributed by atoms with Crippen LogP contribution in [0, 0.1) is 6.92 Å². The van der Waals surface area contributed by atoms with Gasteiger partial charge < -0.3 is 10.2 Å². The van der Waals surface area contributed by atoms with Crippen LogP contribution in [0.2, 0.25) is 5.02 Å². The lowest BCUT2D eigenvalue weighted by Gasteiger charge is -2.19. The van der Waals surface area contributed by atoms with E-state index in [0.717, 1.165) is 23.2 Å². The molecule has 2 rings (SSSR count). The number of likely N-dealkylation sites (N-methyl/N-ethyl adjacent to an activating group) is 1. The summed E-state index contributed by atoms with van der Waals surface area (Å²) in [6.07, 6.45) is 4.30. The normalized spacial score (nSPS) is 10.2. The number of hydrogen-bond donors (Lipinski definition) is 1. The number of carbonyl (C=O) groups excluding carboxylic acids is 1. The van der Waals surface area contributed by atoms with Crippen molar-refractivity contribution in [1.82, 2.24) is 9.88 Å². The van der Waals surface area contributed by atoms with Crippen LogP contribution in [0.4, 0.5) is 10.5 Å². The molecule has 0 saturated carbocycles. The van der Waals surface area contributed by atoms with Crippen molar-refractivity contribution in [3.8, 4) is 0 Å². The number of nitrogens with one attached hydrogen (secondary N) is 1. The molecule has 0 aliphatic heterocycles. The van der Waals surface area contributed by atoms with Crippen LogP contribution in [0.25, 0.3) is 0 Å². The minimum absolute atomic E-state index is 0.144. The molecule has 0 radical (unpaired) electrons. The SMILES string of the molecule is Cc1c(Cl)cccc1NC(=O)N(C)CCc1ccncc1. The number of urea groups is 1. The summed E-state index contributed by atoms with van der Waals surface area (Å²) in [7, 11) is 1.77. The van der Waals surface area contributed by atoms with Crippen LogP contribution in [0.15, 0.2) is 42.7 Å². The maximum Gasteiger partial charge on any atom is 0.321 e. The molecule has 0 saturated heterocycles. The number of amides is 2. The number of halogens is 1. The zero-order chi connectivity index (χ0) is 15.2. The van der Waals surface area contributed by atoms with Gasteiger partial charge in [0.1, 0.15) is 0 Å². The highest BCUT2D eigenvalue weighted by Gasteiger charge is 2.11. The molecule has 4 nitrogen and oxygen atoms in total. The molecule has 0 unspecified atom stereocenters. The van der Waals surface area contributed by atoms with Gasteiger partial charge in [0, 0.05) is 36.7 Å². The second-order valence-electron chi connectivity index (χ2n) is 4.87. The zero-order valence-corrected chi connectivity index (χ0v) is 12.9. The molecule has 0 bridgehead atoms. The van der Waals surface area contributed by atoms with Crippen LogP contribution in [-0.2, 0) is 6.42 Å². The van der Waals surface area contributed by atoms with Crippen LogP contribution >= 0.6 is 11.6 Å². The maximum absolute atomic E-state index is 12.2. The van der Waals surface area contributed by atoms with E-state index in [1.54, 1.807) is 30.4 Å². The van der Waals surface area contributed by atoms with Gasteiger partial charge >= 0.3 is 6.03 Å². The lowest BCUT2D eigenvalue weighted by molar-refractivity contribution is 0.223. The molecule has 21 heavy (non-hydrogen) atoms. The Kier molecular flexibility index (Phi) is 5.17. The van der Waals surface area contributed by atoms with Crippen LogP contribution < -0.4 is 5.32 Å². The Hall–Kier alpha value is -2.07. The highest BCUT2D eigenvalue weighted by molar-refractivity contribution is 6.31. The molecule has 1 heterocycles. The van der Waals surface area contributed by atoms with Crippen LogP contribution in [0.5, 0.6) is 0 Å². The smallest absolute Gasteiger partial charge is 0.321 e. The average Bonchev–Trinajstić information content (AvgIpc) is 2.50. The lowest BCUT2D eigenvalue weighted by Crippen LogP contribution is -2.33. The minimum atomic E-state index is -0.144. The van der Waals surface area contributed by atoms with Gasteiger partial charge in [-0.15, -0.1) is 0 Å². The topological polar surface area (TPSA) is 45.2 Å². The molecule has 0 atom stereocenters. The van der Waals surface area contributed by atoms with Gasteiger partial charge in [-0.3, -0.25) is 4.98 Å². The van der Waals surface area contributed by atoms with Gasteiger partial charge in [0.05, 0.1) is 0 Å². The van der Waals surface area contributed by atoms with Crippen LogP contribution in [0.3, 0.4) is 0 Å². The molecule has 2 aromatic rings. The molecule has 5 heteroatoms. The Balaban J connectivity index is 1.92. The second kappa shape index (κ2) is 7.09. The van der Waals surface area contributed by atoms with E-state index in [-0.39, 0.29) is 6.03 Å². The van der Waals surface area contributed by atoms with Gasteiger partial charge in [0.15, 0.2) is 0 Å². The van der Waals surface area contributed by atoms with E-state index in [4.69, 9.17) is 11.6 Å². The Morgan fingerprint density at radius 3 is 2.71 bits per heavy atom. The van der Waals surface area contributed by atoms with E-state index in [2.05, 4.69) is 10.3 Å². The van der Waals surface area contributed by atoms with Gasteiger partial charge in [-0.05, 0) is 48.7 Å². The van der Waals surface area contributed by atoms with Crippen molar-refractivity contribution in [2.75, 3.05) is 18.9 Å². The van der Waals surface area contributed by atoms with Crippen molar-refractivity contribution in [3.05, 3.63) is 58.9 Å². The maximum atomic E-state index is 12.2. The fourth-order valence-corrected chi connectivity index (χ4v) is 2.08. The number of anilines is 1. The monoisotopic (exact) mass is 303 g/mol. The van der Waals surface area contributed by atoms with Crippen molar-refractivity contribution >= 4 is 23.3 Å². The molecule has 1 N–H and O–H groups in total. The highest BCUT2D eigenvalue weighted by atomic mass is 35.5. The van der Waals surface area contributed by atoms with Crippen molar-refractivity contribution < 1.29 is 4.79 Å². The fraction of sp³-hybridized carbons (Fsp3) is 0.250. The van der Waals surface area contributed by atoms with Crippen molar-refractivity contribution in [2.24, 2.45) is 0 Å². The number of benzene rings is 1. The number of pyridine rings is 1. The van der Waals surface area contributed by atoms with E-state index < -0.39 is 0 Å². The van der Waals surface area contributed by atoms with Gasteiger partial charge in [0.25, 0.3) is 0 Å². The highest BCUT2D eigenvalue weighted by Crippen LogP contribution is 2.23. The molecule has 2 amide bonds. The first kappa shape index (κ1) is 15.3. The summed E-state index contributed by atoms with van der Waals surface area (Å²) in [5, 5.41) is 3.52. The quantitative estimate of drug-likeness (QED) is 0.935. The van der Waals surface area contributed by atoms with E-state index >= 15 is 0 Å².